The summed E-state index contributed by atoms with van der Waals surface area (Å²) in [4.78, 5) is 4.08. The Morgan fingerprint density at radius 2 is 1.86 bits per heavy atom. The maximum atomic E-state index is 5.79. The van der Waals surface area contributed by atoms with Crippen LogP contribution >= 0.6 is 11.6 Å². The van der Waals surface area contributed by atoms with Crippen LogP contribution in [0.25, 0.3) is 11.1 Å². The van der Waals surface area contributed by atoms with Gasteiger partial charge in [-0.3, -0.25) is 0 Å². The van der Waals surface area contributed by atoms with E-state index in [-0.39, 0.29) is 0 Å². The summed E-state index contributed by atoms with van der Waals surface area (Å²) < 4.78 is 0. The number of hydrogen-bond acceptors (Lipinski definition) is 1. The van der Waals surface area contributed by atoms with Gasteiger partial charge in [-0.05, 0) is 24.1 Å². The second-order valence-electron chi connectivity index (χ2n) is 3.19. The van der Waals surface area contributed by atoms with E-state index < -0.39 is 0 Å². The molecule has 1 aromatic heterocycles. The minimum atomic E-state index is 0.544. The molecule has 2 rings (SSSR count). The van der Waals surface area contributed by atoms with Crippen molar-refractivity contribution in [1.29, 1.82) is 0 Å². The smallest absolute Gasteiger partial charge is 0.129 e. The molecule has 0 aliphatic rings. The lowest BCUT2D eigenvalue weighted by molar-refractivity contribution is 1.29. The van der Waals surface area contributed by atoms with Crippen LogP contribution in [0, 0.1) is 6.92 Å². The van der Waals surface area contributed by atoms with Gasteiger partial charge < -0.3 is 0 Å². The highest BCUT2D eigenvalue weighted by Gasteiger charge is 2.01. The van der Waals surface area contributed by atoms with Gasteiger partial charge in [0.1, 0.15) is 5.15 Å². The highest BCUT2D eigenvalue weighted by Crippen LogP contribution is 2.23. The number of nitrogens with zero attached hydrogens (tertiary/aromatic N) is 1. The molecule has 0 bridgehead atoms. The molecule has 1 nitrogen and oxygen atoms in total. The lowest BCUT2D eigenvalue weighted by Crippen LogP contribution is -1.85. The van der Waals surface area contributed by atoms with E-state index in [1.807, 2.05) is 37.4 Å². The first-order chi connectivity index (χ1) is 6.77. The number of pyridine rings is 1. The summed E-state index contributed by atoms with van der Waals surface area (Å²) >= 11 is 5.79. The van der Waals surface area contributed by atoms with Gasteiger partial charge in [-0.25, -0.2) is 4.98 Å². The van der Waals surface area contributed by atoms with Crippen LogP contribution in [0.15, 0.2) is 42.6 Å². The van der Waals surface area contributed by atoms with E-state index in [4.69, 9.17) is 11.6 Å². The van der Waals surface area contributed by atoms with E-state index in [0.29, 0.717) is 5.15 Å². The number of rotatable bonds is 1. The summed E-state index contributed by atoms with van der Waals surface area (Å²) in [5.41, 5.74) is 3.46. The van der Waals surface area contributed by atoms with E-state index in [2.05, 4.69) is 17.1 Å². The van der Waals surface area contributed by atoms with Gasteiger partial charge in [-0.1, -0.05) is 41.9 Å². The van der Waals surface area contributed by atoms with Crippen LogP contribution in [0.5, 0.6) is 0 Å². The minimum absolute atomic E-state index is 0.544. The lowest BCUT2D eigenvalue weighted by atomic mass is 10.0. The fraction of sp³-hybridized carbons (Fsp3) is 0.0833. The standard InChI is InChI=1S/C12H10ClN/c1-9-7-12(13)14-8-11(9)10-5-3-2-4-6-10/h2-8H,1H3. The fourth-order valence-corrected chi connectivity index (χ4v) is 1.65. The molecule has 2 aromatic rings. The highest BCUT2D eigenvalue weighted by atomic mass is 35.5. The predicted octanol–water partition coefficient (Wildman–Crippen LogP) is 3.71. The molecule has 0 saturated carbocycles. The van der Waals surface area contributed by atoms with E-state index in [9.17, 15) is 0 Å². The molecule has 1 heterocycles. The second-order valence-corrected chi connectivity index (χ2v) is 3.58. The zero-order chi connectivity index (χ0) is 9.97. The van der Waals surface area contributed by atoms with Crippen LogP contribution in [0.3, 0.4) is 0 Å². The highest BCUT2D eigenvalue weighted by molar-refractivity contribution is 6.29. The largest absolute Gasteiger partial charge is 0.244 e. The summed E-state index contributed by atoms with van der Waals surface area (Å²) in [5.74, 6) is 0. The first-order valence-electron chi connectivity index (χ1n) is 4.45. The normalized spacial score (nSPS) is 10.1. The van der Waals surface area contributed by atoms with Crippen molar-refractivity contribution < 1.29 is 0 Å². The van der Waals surface area contributed by atoms with Crippen LogP contribution in [0.2, 0.25) is 5.15 Å². The van der Waals surface area contributed by atoms with Crippen molar-refractivity contribution in [2.24, 2.45) is 0 Å². The van der Waals surface area contributed by atoms with Gasteiger partial charge in [0.25, 0.3) is 0 Å². The molecular weight excluding hydrogens is 194 g/mol. The molecule has 1 aromatic carbocycles. The SMILES string of the molecule is Cc1cc(Cl)ncc1-c1ccccc1. The van der Waals surface area contributed by atoms with E-state index >= 15 is 0 Å². The average Bonchev–Trinajstić information content (AvgIpc) is 2.19. The molecule has 0 unspecified atom stereocenters. The number of hydrogen-bond donors (Lipinski definition) is 0. The van der Waals surface area contributed by atoms with E-state index in [1.54, 1.807) is 0 Å². The fourth-order valence-electron chi connectivity index (χ4n) is 1.44. The van der Waals surface area contributed by atoms with E-state index in [0.717, 1.165) is 11.1 Å². The molecule has 0 atom stereocenters. The van der Waals surface area contributed by atoms with Crippen molar-refractivity contribution in [3.63, 3.8) is 0 Å². The second kappa shape index (κ2) is 3.81. The zero-order valence-electron chi connectivity index (χ0n) is 7.87. The van der Waals surface area contributed by atoms with Gasteiger partial charge in [-0.2, -0.15) is 0 Å². The summed E-state index contributed by atoms with van der Waals surface area (Å²) in [6.45, 7) is 2.04. The predicted molar refractivity (Wildman–Crippen MR) is 59.4 cm³/mol. The van der Waals surface area contributed by atoms with Crippen LogP contribution in [0.1, 0.15) is 5.56 Å². The van der Waals surface area contributed by atoms with Crippen molar-refractivity contribution in [2.45, 2.75) is 6.92 Å². The third-order valence-electron chi connectivity index (χ3n) is 2.16. The molecule has 0 N–H and O–H groups in total. The van der Waals surface area contributed by atoms with Crippen LogP contribution in [-0.2, 0) is 0 Å². The topological polar surface area (TPSA) is 12.9 Å². The van der Waals surface area contributed by atoms with Crippen molar-refractivity contribution >= 4 is 11.6 Å². The molecule has 0 spiro atoms. The number of aryl methyl sites for hydroxylation is 1. The Hall–Kier alpha value is -1.34. The molecule has 70 valence electrons. The summed E-state index contributed by atoms with van der Waals surface area (Å²) in [6.07, 6.45) is 1.81. The van der Waals surface area contributed by atoms with Crippen molar-refractivity contribution in [3.8, 4) is 11.1 Å². The van der Waals surface area contributed by atoms with Crippen molar-refractivity contribution in [3.05, 3.63) is 53.3 Å². The molecule has 0 radical (unpaired) electrons. The summed E-state index contributed by atoms with van der Waals surface area (Å²) in [5, 5.41) is 0.544. The molecule has 0 saturated heterocycles. The molecule has 0 amide bonds. The molecule has 0 aliphatic carbocycles. The van der Waals surface area contributed by atoms with Gasteiger partial charge in [0.15, 0.2) is 0 Å². The summed E-state index contributed by atoms with van der Waals surface area (Å²) in [6, 6.07) is 12.1. The third-order valence-corrected chi connectivity index (χ3v) is 2.37. The molecule has 14 heavy (non-hydrogen) atoms. The molecule has 0 aliphatic heterocycles. The lowest BCUT2D eigenvalue weighted by Gasteiger charge is -2.04. The van der Waals surface area contributed by atoms with E-state index in [1.165, 1.54) is 5.56 Å². The average molecular weight is 204 g/mol. The van der Waals surface area contributed by atoms with Gasteiger partial charge in [0.05, 0.1) is 0 Å². The molecule has 2 heteroatoms. The van der Waals surface area contributed by atoms with Gasteiger partial charge in [0.2, 0.25) is 0 Å². The first kappa shape index (κ1) is 9.22. The maximum absolute atomic E-state index is 5.79. The number of halogens is 1. The Balaban J connectivity index is 2.53. The van der Waals surface area contributed by atoms with Gasteiger partial charge in [-0.15, -0.1) is 0 Å². The quantitative estimate of drug-likeness (QED) is 0.644. The van der Waals surface area contributed by atoms with Crippen LogP contribution in [-0.4, -0.2) is 4.98 Å². The Morgan fingerprint density at radius 3 is 2.50 bits per heavy atom. The van der Waals surface area contributed by atoms with Crippen LogP contribution in [0.4, 0.5) is 0 Å². The Morgan fingerprint density at radius 1 is 1.14 bits per heavy atom. The summed E-state index contributed by atoms with van der Waals surface area (Å²) in [7, 11) is 0. The third kappa shape index (κ3) is 1.78. The van der Waals surface area contributed by atoms with Gasteiger partial charge >= 0.3 is 0 Å². The maximum Gasteiger partial charge on any atom is 0.129 e. The minimum Gasteiger partial charge on any atom is -0.244 e. The number of benzene rings is 1. The number of aromatic nitrogens is 1. The monoisotopic (exact) mass is 203 g/mol. The Labute approximate surface area is 88.4 Å². The molecular formula is C12H10ClN. The Kier molecular flexibility index (Phi) is 2.51. The van der Waals surface area contributed by atoms with Crippen LogP contribution < -0.4 is 0 Å². The van der Waals surface area contributed by atoms with Crippen molar-refractivity contribution in [2.75, 3.05) is 0 Å². The van der Waals surface area contributed by atoms with Gasteiger partial charge in [0, 0.05) is 11.8 Å². The first-order valence-corrected chi connectivity index (χ1v) is 4.83. The zero-order valence-corrected chi connectivity index (χ0v) is 8.62. The van der Waals surface area contributed by atoms with Crippen molar-refractivity contribution in [1.82, 2.24) is 4.98 Å². The molecule has 0 fully saturated rings. The Bertz CT molecular complexity index is 437.